The molecule has 0 aliphatic rings. The SMILES string of the molecule is Cc1ccccc1-c1cc(=O)c2c(=O)n(-c3nc4ccccc4s3)[nH]c2[nH]1. The first-order valence-corrected chi connectivity index (χ1v) is 9.23. The molecule has 0 aliphatic heterocycles. The number of nitrogens with one attached hydrogen (secondary N) is 2. The number of benzene rings is 2. The summed E-state index contributed by atoms with van der Waals surface area (Å²) >= 11 is 1.39. The fraction of sp³-hybridized carbons (Fsp3) is 0.0500. The molecule has 0 spiro atoms. The van der Waals surface area contributed by atoms with E-state index in [2.05, 4.69) is 15.1 Å². The van der Waals surface area contributed by atoms with E-state index in [9.17, 15) is 9.59 Å². The number of aromatic nitrogens is 4. The van der Waals surface area contributed by atoms with Gasteiger partial charge in [-0.25, -0.2) is 4.98 Å². The molecule has 0 radical (unpaired) electrons. The zero-order valence-electron chi connectivity index (χ0n) is 14.3. The summed E-state index contributed by atoms with van der Waals surface area (Å²) < 4.78 is 2.31. The molecule has 27 heavy (non-hydrogen) atoms. The molecule has 3 heterocycles. The van der Waals surface area contributed by atoms with Crippen molar-refractivity contribution in [2.24, 2.45) is 0 Å². The maximum absolute atomic E-state index is 12.8. The van der Waals surface area contributed by atoms with Gasteiger partial charge in [0.25, 0.3) is 5.56 Å². The maximum atomic E-state index is 12.8. The molecule has 0 atom stereocenters. The fourth-order valence-electron chi connectivity index (χ4n) is 3.24. The predicted octanol–water partition coefficient (Wildman–Crippen LogP) is 3.59. The highest BCUT2D eigenvalue weighted by Crippen LogP contribution is 2.24. The molecule has 5 aromatic rings. The number of aromatic amines is 2. The first kappa shape index (κ1) is 15.8. The van der Waals surface area contributed by atoms with E-state index in [1.165, 1.54) is 22.1 Å². The lowest BCUT2D eigenvalue weighted by atomic mass is 10.1. The third-order valence-corrected chi connectivity index (χ3v) is 5.60. The van der Waals surface area contributed by atoms with Crippen molar-refractivity contribution in [2.45, 2.75) is 6.92 Å². The van der Waals surface area contributed by atoms with Crippen LogP contribution in [0.5, 0.6) is 0 Å². The summed E-state index contributed by atoms with van der Waals surface area (Å²) in [7, 11) is 0. The van der Waals surface area contributed by atoms with Crippen LogP contribution >= 0.6 is 11.3 Å². The normalized spacial score (nSPS) is 11.4. The van der Waals surface area contributed by atoms with Gasteiger partial charge in [-0.2, -0.15) is 4.68 Å². The van der Waals surface area contributed by atoms with Crippen molar-refractivity contribution in [2.75, 3.05) is 0 Å². The number of rotatable bonds is 2. The smallest absolute Gasteiger partial charge is 0.286 e. The molecule has 5 rings (SSSR count). The third-order valence-electron chi connectivity index (χ3n) is 4.58. The Morgan fingerprint density at radius 1 is 1.04 bits per heavy atom. The number of aryl methyl sites for hydroxylation is 1. The van der Waals surface area contributed by atoms with E-state index >= 15 is 0 Å². The highest BCUT2D eigenvalue weighted by Gasteiger charge is 2.16. The van der Waals surface area contributed by atoms with E-state index in [0.717, 1.165) is 21.3 Å². The van der Waals surface area contributed by atoms with Crippen LogP contribution < -0.4 is 11.0 Å². The van der Waals surface area contributed by atoms with Crippen LogP contribution in [-0.2, 0) is 0 Å². The molecule has 0 aliphatic carbocycles. The zero-order chi connectivity index (χ0) is 18.5. The van der Waals surface area contributed by atoms with E-state index in [0.29, 0.717) is 16.5 Å². The highest BCUT2D eigenvalue weighted by molar-refractivity contribution is 7.20. The lowest BCUT2D eigenvalue weighted by Gasteiger charge is -2.05. The van der Waals surface area contributed by atoms with Gasteiger partial charge in [0.05, 0.1) is 15.9 Å². The Kier molecular flexibility index (Phi) is 3.38. The van der Waals surface area contributed by atoms with Gasteiger partial charge in [0.2, 0.25) is 5.13 Å². The second kappa shape index (κ2) is 5.78. The third kappa shape index (κ3) is 2.43. The molecule has 2 aromatic carbocycles. The van der Waals surface area contributed by atoms with Crippen molar-refractivity contribution in [3.05, 3.63) is 80.7 Å². The first-order chi connectivity index (χ1) is 13.1. The summed E-state index contributed by atoms with van der Waals surface area (Å²) in [5.74, 6) is 0. The van der Waals surface area contributed by atoms with E-state index in [1.807, 2.05) is 55.5 Å². The molecule has 7 heteroatoms. The van der Waals surface area contributed by atoms with Gasteiger partial charge in [-0.15, -0.1) is 0 Å². The lowest BCUT2D eigenvalue weighted by molar-refractivity contribution is 0.851. The van der Waals surface area contributed by atoms with Crippen LogP contribution in [0.4, 0.5) is 0 Å². The number of hydrogen-bond acceptors (Lipinski definition) is 4. The molecule has 2 N–H and O–H groups in total. The summed E-state index contributed by atoms with van der Waals surface area (Å²) in [5.41, 5.74) is 3.12. The van der Waals surface area contributed by atoms with Gasteiger partial charge in [0, 0.05) is 11.6 Å². The Labute approximate surface area is 156 Å². The number of H-pyrrole nitrogens is 2. The number of nitrogens with zero attached hydrogens (tertiary/aromatic N) is 2. The van der Waals surface area contributed by atoms with Crippen molar-refractivity contribution in [1.29, 1.82) is 0 Å². The first-order valence-electron chi connectivity index (χ1n) is 8.42. The molecule has 3 aromatic heterocycles. The van der Waals surface area contributed by atoms with Crippen LogP contribution in [0, 0.1) is 6.92 Å². The largest absolute Gasteiger partial charge is 0.339 e. The number of thiazole rings is 1. The summed E-state index contributed by atoms with van der Waals surface area (Å²) in [6.45, 7) is 1.98. The maximum Gasteiger partial charge on any atom is 0.286 e. The second-order valence-corrected chi connectivity index (χ2v) is 7.34. The monoisotopic (exact) mass is 374 g/mol. The van der Waals surface area contributed by atoms with Gasteiger partial charge in [-0.1, -0.05) is 47.7 Å². The zero-order valence-corrected chi connectivity index (χ0v) is 15.1. The average molecular weight is 374 g/mol. The highest BCUT2D eigenvalue weighted by atomic mass is 32.1. The minimum absolute atomic E-state index is 0.103. The minimum atomic E-state index is -0.401. The quantitative estimate of drug-likeness (QED) is 0.495. The summed E-state index contributed by atoms with van der Waals surface area (Å²) in [5, 5.41) is 3.61. The van der Waals surface area contributed by atoms with E-state index in [4.69, 9.17) is 0 Å². The lowest BCUT2D eigenvalue weighted by Crippen LogP contribution is -2.18. The van der Waals surface area contributed by atoms with Crippen molar-refractivity contribution in [1.82, 2.24) is 19.7 Å². The van der Waals surface area contributed by atoms with Crippen LogP contribution in [-0.4, -0.2) is 19.7 Å². The molecule has 0 bridgehead atoms. The fourth-order valence-corrected chi connectivity index (χ4v) is 4.17. The Morgan fingerprint density at radius 2 is 1.81 bits per heavy atom. The van der Waals surface area contributed by atoms with E-state index in [-0.39, 0.29) is 10.8 Å². The minimum Gasteiger partial charge on any atom is -0.339 e. The molecule has 0 saturated carbocycles. The Hall–Kier alpha value is -3.45. The van der Waals surface area contributed by atoms with Crippen LogP contribution in [0.3, 0.4) is 0 Å². The van der Waals surface area contributed by atoms with Gasteiger partial charge in [-0.3, -0.25) is 14.7 Å². The Morgan fingerprint density at radius 3 is 2.63 bits per heavy atom. The molecule has 132 valence electrons. The number of para-hydroxylation sites is 1. The molecular formula is C20H14N4O2S. The van der Waals surface area contributed by atoms with E-state index in [1.54, 1.807) is 0 Å². The van der Waals surface area contributed by atoms with Gasteiger partial charge in [-0.05, 0) is 24.6 Å². The van der Waals surface area contributed by atoms with Crippen LogP contribution in [0.2, 0.25) is 0 Å². The molecular weight excluding hydrogens is 360 g/mol. The van der Waals surface area contributed by atoms with Crippen molar-refractivity contribution in [3.8, 4) is 16.4 Å². The topological polar surface area (TPSA) is 83.5 Å². The summed E-state index contributed by atoms with van der Waals surface area (Å²) in [6, 6.07) is 16.9. The van der Waals surface area contributed by atoms with Crippen molar-refractivity contribution < 1.29 is 0 Å². The van der Waals surface area contributed by atoms with Crippen LogP contribution in [0.25, 0.3) is 37.6 Å². The van der Waals surface area contributed by atoms with Crippen molar-refractivity contribution in [3.63, 3.8) is 0 Å². The average Bonchev–Trinajstić information content (AvgIpc) is 3.23. The molecule has 6 nitrogen and oxygen atoms in total. The molecule has 0 unspecified atom stereocenters. The predicted molar refractivity (Wildman–Crippen MR) is 108 cm³/mol. The van der Waals surface area contributed by atoms with Crippen molar-refractivity contribution >= 4 is 32.6 Å². The molecule has 0 fully saturated rings. The van der Waals surface area contributed by atoms with Crippen LogP contribution in [0.1, 0.15) is 5.56 Å². The van der Waals surface area contributed by atoms with Gasteiger partial charge >= 0.3 is 0 Å². The van der Waals surface area contributed by atoms with Crippen LogP contribution in [0.15, 0.2) is 64.2 Å². The second-order valence-electron chi connectivity index (χ2n) is 6.33. The number of pyridine rings is 1. The summed E-state index contributed by atoms with van der Waals surface area (Å²) in [6.07, 6.45) is 0. The van der Waals surface area contributed by atoms with E-state index < -0.39 is 5.56 Å². The Bertz CT molecular complexity index is 1400. The molecule has 0 saturated heterocycles. The van der Waals surface area contributed by atoms with Gasteiger partial charge in [0.1, 0.15) is 11.0 Å². The summed E-state index contributed by atoms with van der Waals surface area (Å²) in [4.78, 5) is 33.2. The van der Waals surface area contributed by atoms with Gasteiger partial charge in [0.15, 0.2) is 5.43 Å². The Balaban J connectivity index is 1.75. The standard InChI is InChI=1S/C20H14N4O2S/c1-11-6-2-3-7-12(11)14-10-15(25)17-18(21-14)23-24(19(17)26)20-22-13-8-4-5-9-16(13)27-20/h2-10H,1H3,(H2,21,23,25). The number of fused-ring (bicyclic) bond motifs is 2. The number of hydrogen-bond donors (Lipinski definition) is 2. The van der Waals surface area contributed by atoms with Gasteiger partial charge < -0.3 is 4.98 Å². The molecule has 0 amide bonds.